The number of carbonyl (C=O) groups is 2. The summed E-state index contributed by atoms with van der Waals surface area (Å²) in [5.41, 5.74) is 4.72. The molecule has 1 unspecified atom stereocenters. The predicted octanol–water partition coefficient (Wildman–Crippen LogP) is 5.49. The van der Waals surface area contributed by atoms with E-state index in [9.17, 15) is 9.59 Å². The molecule has 0 aliphatic rings. The van der Waals surface area contributed by atoms with Crippen LogP contribution in [0.25, 0.3) is 0 Å². The zero-order valence-corrected chi connectivity index (χ0v) is 18.4. The number of hydrogen-bond acceptors (Lipinski definition) is 2. The summed E-state index contributed by atoms with van der Waals surface area (Å²) in [6.07, 6.45) is 1.20. The van der Waals surface area contributed by atoms with Crippen molar-refractivity contribution >= 4 is 17.5 Å². The van der Waals surface area contributed by atoms with Crippen LogP contribution in [0.5, 0.6) is 0 Å². The highest BCUT2D eigenvalue weighted by molar-refractivity contribution is 6.01. The van der Waals surface area contributed by atoms with Crippen LogP contribution >= 0.6 is 0 Å². The first-order valence-corrected chi connectivity index (χ1v) is 10.8. The first-order valence-electron chi connectivity index (χ1n) is 10.8. The Balaban J connectivity index is 1.78. The fraction of sp³-hybridized carbons (Fsp3) is 0.259. The fourth-order valence-electron chi connectivity index (χ4n) is 3.69. The van der Waals surface area contributed by atoms with Crippen LogP contribution in [-0.2, 0) is 11.2 Å². The van der Waals surface area contributed by atoms with Crippen molar-refractivity contribution < 1.29 is 9.59 Å². The van der Waals surface area contributed by atoms with Crippen LogP contribution < -0.4 is 10.6 Å². The third-order valence-corrected chi connectivity index (χ3v) is 5.48. The number of aryl methyl sites for hydroxylation is 1. The highest BCUT2D eigenvalue weighted by Crippen LogP contribution is 2.25. The minimum atomic E-state index is -0.644. The Hall–Kier alpha value is -3.40. The van der Waals surface area contributed by atoms with Crippen LogP contribution in [0.1, 0.15) is 53.2 Å². The van der Waals surface area contributed by atoms with Gasteiger partial charge in [-0.1, -0.05) is 74.5 Å². The van der Waals surface area contributed by atoms with Crippen LogP contribution in [-0.4, -0.2) is 17.9 Å². The van der Waals surface area contributed by atoms with Gasteiger partial charge in [0.25, 0.3) is 5.91 Å². The summed E-state index contributed by atoms with van der Waals surface area (Å²) in [4.78, 5) is 26.0. The van der Waals surface area contributed by atoms with E-state index in [1.807, 2.05) is 67.6 Å². The van der Waals surface area contributed by atoms with Gasteiger partial charge in [0.15, 0.2) is 0 Å². The van der Waals surface area contributed by atoms with E-state index in [2.05, 4.69) is 30.5 Å². The largest absolute Gasteiger partial charge is 0.340 e. The average molecular weight is 415 g/mol. The first-order chi connectivity index (χ1) is 15.0. The third-order valence-electron chi connectivity index (χ3n) is 5.48. The summed E-state index contributed by atoms with van der Waals surface area (Å²) in [5, 5.41) is 5.97. The van der Waals surface area contributed by atoms with Gasteiger partial charge in [0, 0.05) is 11.3 Å². The molecule has 0 saturated heterocycles. The van der Waals surface area contributed by atoms with Gasteiger partial charge in [-0.25, -0.2) is 0 Å². The number of benzene rings is 3. The molecule has 0 aromatic heterocycles. The van der Waals surface area contributed by atoms with E-state index in [1.165, 1.54) is 5.56 Å². The number of amides is 2. The second-order valence-corrected chi connectivity index (χ2v) is 8.08. The van der Waals surface area contributed by atoms with Crippen LogP contribution in [0.2, 0.25) is 0 Å². The van der Waals surface area contributed by atoms with E-state index < -0.39 is 6.04 Å². The molecule has 1 atom stereocenters. The van der Waals surface area contributed by atoms with E-state index >= 15 is 0 Å². The van der Waals surface area contributed by atoms with Crippen molar-refractivity contribution in [2.45, 2.75) is 45.6 Å². The predicted molar refractivity (Wildman–Crippen MR) is 126 cm³/mol. The lowest BCUT2D eigenvalue weighted by Crippen LogP contribution is -2.44. The molecular weight excluding hydrogens is 384 g/mol. The van der Waals surface area contributed by atoms with Gasteiger partial charge in [-0.3, -0.25) is 9.59 Å². The van der Waals surface area contributed by atoms with Crippen LogP contribution in [0, 0.1) is 6.92 Å². The van der Waals surface area contributed by atoms with Gasteiger partial charge in [0.1, 0.15) is 6.04 Å². The molecule has 4 heteroatoms. The van der Waals surface area contributed by atoms with Gasteiger partial charge in [0.05, 0.1) is 0 Å². The lowest BCUT2D eigenvalue weighted by Gasteiger charge is -2.21. The van der Waals surface area contributed by atoms with Crippen molar-refractivity contribution in [2.75, 3.05) is 5.32 Å². The molecule has 4 nitrogen and oxygen atoms in total. The summed E-state index contributed by atoms with van der Waals surface area (Å²) in [6.45, 7) is 6.29. The second kappa shape index (κ2) is 10.6. The quantitative estimate of drug-likeness (QED) is 0.512. The average Bonchev–Trinajstić information content (AvgIpc) is 2.78. The molecule has 0 heterocycles. The molecule has 3 aromatic rings. The molecule has 2 N–H and O–H groups in total. The first kappa shape index (κ1) is 22.3. The lowest BCUT2D eigenvalue weighted by atomic mass is 9.96. The van der Waals surface area contributed by atoms with Crippen molar-refractivity contribution in [1.29, 1.82) is 0 Å². The highest BCUT2D eigenvalue weighted by Gasteiger charge is 2.22. The maximum Gasteiger partial charge on any atom is 0.251 e. The van der Waals surface area contributed by atoms with Crippen molar-refractivity contribution in [1.82, 2.24) is 5.32 Å². The van der Waals surface area contributed by atoms with Crippen LogP contribution in [0.15, 0.2) is 78.9 Å². The summed E-state index contributed by atoms with van der Waals surface area (Å²) >= 11 is 0. The maximum absolute atomic E-state index is 13.2. The number of nitrogens with one attached hydrogen (secondary N) is 2. The summed E-state index contributed by atoms with van der Waals surface area (Å²) in [6, 6.07) is 24.3. The van der Waals surface area contributed by atoms with Gasteiger partial charge < -0.3 is 10.6 Å². The number of hydrogen-bond donors (Lipinski definition) is 2. The fourth-order valence-corrected chi connectivity index (χ4v) is 3.69. The van der Waals surface area contributed by atoms with Crippen molar-refractivity contribution in [3.63, 3.8) is 0 Å². The molecule has 3 rings (SSSR count). The Bertz CT molecular complexity index is 1010. The topological polar surface area (TPSA) is 58.2 Å². The zero-order chi connectivity index (χ0) is 22.2. The molecule has 31 heavy (non-hydrogen) atoms. The van der Waals surface area contributed by atoms with Crippen LogP contribution in [0.4, 0.5) is 5.69 Å². The molecule has 0 saturated carbocycles. The molecule has 0 aliphatic carbocycles. The molecule has 3 aromatic carbocycles. The van der Waals surface area contributed by atoms with Gasteiger partial charge in [-0.2, -0.15) is 0 Å². The zero-order valence-electron chi connectivity index (χ0n) is 18.4. The molecular formula is C27H30N2O2. The minimum Gasteiger partial charge on any atom is -0.340 e. The van der Waals surface area contributed by atoms with Crippen molar-refractivity contribution in [3.05, 3.63) is 101 Å². The van der Waals surface area contributed by atoms with E-state index in [1.54, 1.807) is 12.1 Å². The Morgan fingerprint density at radius 2 is 1.48 bits per heavy atom. The molecule has 160 valence electrons. The molecule has 0 fully saturated rings. The molecule has 0 radical (unpaired) electrons. The van der Waals surface area contributed by atoms with E-state index in [4.69, 9.17) is 0 Å². The van der Waals surface area contributed by atoms with Gasteiger partial charge in [-0.05, 0) is 60.6 Å². The van der Waals surface area contributed by atoms with E-state index in [0.717, 1.165) is 16.8 Å². The normalized spacial score (nSPS) is 11.7. The summed E-state index contributed by atoms with van der Waals surface area (Å²) in [5.74, 6) is -0.0887. The van der Waals surface area contributed by atoms with Gasteiger partial charge >= 0.3 is 0 Å². The minimum absolute atomic E-state index is 0.204. The standard InChI is InChI=1S/C27H30N2O2/c1-19(2)23-15-10-16-24(20(23)3)28-27(31)25(18-17-21-11-6-4-7-12-21)29-26(30)22-13-8-5-9-14-22/h4-16,19,25H,17-18H2,1-3H3,(H,28,31)(H,29,30). The monoisotopic (exact) mass is 414 g/mol. The molecule has 2 amide bonds. The Labute approximate surface area is 184 Å². The Morgan fingerprint density at radius 1 is 0.839 bits per heavy atom. The van der Waals surface area contributed by atoms with E-state index in [0.29, 0.717) is 24.3 Å². The SMILES string of the molecule is Cc1c(NC(=O)C(CCc2ccccc2)NC(=O)c2ccccc2)cccc1C(C)C. The molecule has 0 aliphatic heterocycles. The highest BCUT2D eigenvalue weighted by atomic mass is 16.2. The Morgan fingerprint density at radius 3 is 2.13 bits per heavy atom. The van der Waals surface area contributed by atoms with Crippen LogP contribution in [0.3, 0.4) is 0 Å². The second-order valence-electron chi connectivity index (χ2n) is 8.08. The van der Waals surface area contributed by atoms with Crippen molar-refractivity contribution in [3.8, 4) is 0 Å². The summed E-state index contributed by atoms with van der Waals surface area (Å²) in [7, 11) is 0. The van der Waals surface area contributed by atoms with Gasteiger partial charge in [-0.15, -0.1) is 0 Å². The number of rotatable bonds is 8. The number of carbonyl (C=O) groups excluding carboxylic acids is 2. The number of anilines is 1. The summed E-state index contributed by atoms with van der Waals surface area (Å²) < 4.78 is 0. The molecule has 0 spiro atoms. The van der Waals surface area contributed by atoms with Crippen molar-refractivity contribution in [2.24, 2.45) is 0 Å². The third kappa shape index (κ3) is 6.05. The van der Waals surface area contributed by atoms with Gasteiger partial charge in [0.2, 0.25) is 5.91 Å². The maximum atomic E-state index is 13.2. The molecule has 0 bridgehead atoms. The Kier molecular flexibility index (Phi) is 7.60. The van der Waals surface area contributed by atoms with E-state index in [-0.39, 0.29) is 11.8 Å². The smallest absolute Gasteiger partial charge is 0.251 e. The lowest BCUT2D eigenvalue weighted by molar-refractivity contribution is -0.118.